The molecule has 2 heterocycles. The zero-order chi connectivity index (χ0) is 19.0. The van der Waals surface area contributed by atoms with Gasteiger partial charge in [-0.1, -0.05) is 35.9 Å². The van der Waals surface area contributed by atoms with Crippen LogP contribution in [0.4, 0.5) is 11.4 Å². The average molecular weight is 386 g/mol. The number of carbonyl (C=O) groups excluding carboxylic acids is 2. The maximum Gasteiger partial charge on any atom is 0.256 e. The quantitative estimate of drug-likeness (QED) is 0.742. The van der Waals surface area contributed by atoms with Crippen LogP contribution in [0.2, 0.25) is 5.02 Å². The van der Waals surface area contributed by atoms with Gasteiger partial charge in [-0.05, 0) is 42.7 Å². The van der Waals surface area contributed by atoms with Crippen LogP contribution in [0.3, 0.4) is 0 Å². The monoisotopic (exact) mass is 385 g/mol. The van der Waals surface area contributed by atoms with Crippen LogP contribution in [0, 0.1) is 0 Å². The normalized spacial score (nSPS) is 19.0. The smallest absolute Gasteiger partial charge is 0.256 e. The van der Waals surface area contributed by atoms with Crippen molar-refractivity contribution in [1.29, 1.82) is 0 Å². The number of amides is 2. The maximum absolute atomic E-state index is 12.7. The van der Waals surface area contributed by atoms with Gasteiger partial charge in [0.2, 0.25) is 5.91 Å². The predicted octanol–water partition coefficient (Wildman–Crippen LogP) is 2.80. The van der Waals surface area contributed by atoms with Crippen LogP contribution in [0.25, 0.3) is 0 Å². The second-order valence-electron chi connectivity index (χ2n) is 6.99. The molecule has 2 aliphatic heterocycles. The van der Waals surface area contributed by atoms with Crippen LogP contribution in [-0.4, -0.2) is 40.4 Å². The van der Waals surface area contributed by atoms with E-state index in [1.165, 1.54) is 0 Å². The number of hydrogen-bond acceptors (Lipinski definition) is 4. The van der Waals surface area contributed by atoms with Gasteiger partial charge in [-0.2, -0.15) is 0 Å². The zero-order valence-electron chi connectivity index (χ0n) is 14.6. The molecule has 2 aliphatic rings. The molecule has 2 aromatic carbocycles. The summed E-state index contributed by atoms with van der Waals surface area (Å²) < 4.78 is 0. The van der Waals surface area contributed by atoms with E-state index in [1.54, 1.807) is 29.2 Å². The summed E-state index contributed by atoms with van der Waals surface area (Å²) in [4.78, 5) is 26.9. The molecule has 6 nitrogen and oxygen atoms in total. The number of para-hydroxylation sites is 2. The second kappa shape index (κ2) is 6.87. The number of hydrogen-bond donors (Lipinski definition) is 3. The number of aliphatic hydroxyl groups excluding tert-OH is 1. The van der Waals surface area contributed by atoms with Gasteiger partial charge < -0.3 is 20.6 Å². The molecule has 4 rings (SSSR count). The topological polar surface area (TPSA) is 81.7 Å². The lowest BCUT2D eigenvalue weighted by molar-refractivity contribution is -0.143. The Kier molecular flexibility index (Phi) is 4.53. The molecule has 0 aliphatic carbocycles. The van der Waals surface area contributed by atoms with Crippen molar-refractivity contribution in [2.24, 2.45) is 0 Å². The molecule has 140 valence electrons. The van der Waals surface area contributed by atoms with Crippen molar-refractivity contribution in [1.82, 2.24) is 4.90 Å². The summed E-state index contributed by atoms with van der Waals surface area (Å²) in [5.41, 5.74) is 1.39. The lowest BCUT2D eigenvalue weighted by Crippen LogP contribution is -2.59. The van der Waals surface area contributed by atoms with E-state index < -0.39 is 11.6 Å². The highest BCUT2D eigenvalue weighted by Gasteiger charge is 2.45. The molecule has 27 heavy (non-hydrogen) atoms. The number of fused-ring (bicyclic) bond motifs is 1. The molecule has 0 saturated carbocycles. The standard InChI is InChI=1S/C20H20ClN3O3/c21-14-5-3-4-13(12-14)17(25)18(26)24-10-8-20(9-11-24)19(27)22-15-6-1-2-7-16(15)23-20/h1-7,12,17,23,25H,8-11H2,(H,22,27)/t17-/m1/s1. The zero-order valence-corrected chi connectivity index (χ0v) is 15.4. The third-order valence-corrected chi connectivity index (χ3v) is 5.55. The number of likely N-dealkylation sites (tertiary alicyclic amines) is 1. The SMILES string of the molecule is O=C([C@H](O)c1cccc(Cl)c1)N1CCC2(CC1)Nc1ccccc1NC2=O. The summed E-state index contributed by atoms with van der Waals surface area (Å²) in [6.45, 7) is 0.776. The van der Waals surface area contributed by atoms with Crippen LogP contribution >= 0.6 is 11.6 Å². The van der Waals surface area contributed by atoms with Gasteiger partial charge >= 0.3 is 0 Å². The van der Waals surface area contributed by atoms with E-state index in [0.29, 0.717) is 36.5 Å². The Bertz CT molecular complexity index is 894. The van der Waals surface area contributed by atoms with Crippen molar-refractivity contribution >= 4 is 34.8 Å². The first-order valence-electron chi connectivity index (χ1n) is 8.89. The van der Waals surface area contributed by atoms with Gasteiger partial charge in [0, 0.05) is 18.1 Å². The maximum atomic E-state index is 12.7. The molecule has 0 unspecified atom stereocenters. The van der Waals surface area contributed by atoms with Crippen molar-refractivity contribution in [2.45, 2.75) is 24.5 Å². The van der Waals surface area contributed by atoms with Gasteiger partial charge in [-0.15, -0.1) is 0 Å². The number of benzene rings is 2. The van der Waals surface area contributed by atoms with Gasteiger partial charge in [-0.3, -0.25) is 9.59 Å². The first kappa shape index (κ1) is 17.8. The van der Waals surface area contributed by atoms with Crippen LogP contribution < -0.4 is 10.6 Å². The summed E-state index contributed by atoms with van der Waals surface area (Å²) in [5.74, 6) is -0.451. The van der Waals surface area contributed by atoms with Crippen molar-refractivity contribution < 1.29 is 14.7 Å². The molecular formula is C20H20ClN3O3. The molecule has 3 N–H and O–H groups in total. The van der Waals surface area contributed by atoms with Gasteiger partial charge in [-0.25, -0.2) is 0 Å². The molecule has 2 aromatic rings. The van der Waals surface area contributed by atoms with Crippen molar-refractivity contribution in [2.75, 3.05) is 23.7 Å². The largest absolute Gasteiger partial charge is 0.378 e. The molecule has 1 atom stereocenters. The van der Waals surface area contributed by atoms with Crippen molar-refractivity contribution in [3.05, 3.63) is 59.1 Å². The molecule has 7 heteroatoms. The van der Waals surface area contributed by atoms with Gasteiger partial charge in [0.1, 0.15) is 5.54 Å². The third-order valence-electron chi connectivity index (χ3n) is 5.31. The van der Waals surface area contributed by atoms with E-state index in [0.717, 1.165) is 11.4 Å². The van der Waals surface area contributed by atoms with Gasteiger partial charge in [0.15, 0.2) is 6.10 Å². The number of nitrogens with zero attached hydrogens (tertiary/aromatic N) is 1. The highest BCUT2D eigenvalue weighted by atomic mass is 35.5. The fourth-order valence-electron chi connectivity index (χ4n) is 3.71. The summed E-state index contributed by atoms with van der Waals surface area (Å²) in [6, 6.07) is 14.2. The molecule has 2 amide bonds. The summed E-state index contributed by atoms with van der Waals surface area (Å²) >= 11 is 5.95. The Morgan fingerprint density at radius 3 is 2.52 bits per heavy atom. The summed E-state index contributed by atoms with van der Waals surface area (Å²) in [6.07, 6.45) is -0.311. The van der Waals surface area contributed by atoms with E-state index in [4.69, 9.17) is 11.6 Å². The van der Waals surface area contributed by atoms with Crippen molar-refractivity contribution in [3.63, 3.8) is 0 Å². The number of halogens is 1. The summed E-state index contributed by atoms with van der Waals surface area (Å²) in [7, 11) is 0. The van der Waals surface area contributed by atoms with Crippen LogP contribution in [0.5, 0.6) is 0 Å². The van der Waals surface area contributed by atoms with E-state index >= 15 is 0 Å². The van der Waals surface area contributed by atoms with E-state index in [1.807, 2.05) is 24.3 Å². The lowest BCUT2D eigenvalue weighted by Gasteiger charge is -2.44. The highest BCUT2D eigenvalue weighted by Crippen LogP contribution is 2.36. The number of anilines is 2. The Morgan fingerprint density at radius 2 is 1.81 bits per heavy atom. The number of nitrogens with one attached hydrogen (secondary N) is 2. The Balaban J connectivity index is 1.46. The molecule has 1 fully saturated rings. The molecule has 0 radical (unpaired) electrons. The number of piperidine rings is 1. The molecule has 1 saturated heterocycles. The Hall–Kier alpha value is -2.57. The minimum Gasteiger partial charge on any atom is -0.378 e. The fourth-order valence-corrected chi connectivity index (χ4v) is 3.91. The number of rotatable bonds is 2. The number of aliphatic hydroxyl groups is 1. The molecule has 1 spiro atoms. The average Bonchev–Trinajstić information content (AvgIpc) is 2.68. The third kappa shape index (κ3) is 3.26. The van der Waals surface area contributed by atoms with Crippen LogP contribution in [0.15, 0.2) is 48.5 Å². The van der Waals surface area contributed by atoms with Gasteiger partial charge in [0.25, 0.3) is 5.91 Å². The predicted molar refractivity (Wildman–Crippen MR) is 104 cm³/mol. The minimum atomic E-state index is -1.26. The fraction of sp³-hybridized carbons (Fsp3) is 0.300. The minimum absolute atomic E-state index is 0.0799. The van der Waals surface area contributed by atoms with E-state index in [-0.39, 0.29) is 11.8 Å². The van der Waals surface area contributed by atoms with E-state index in [9.17, 15) is 14.7 Å². The van der Waals surface area contributed by atoms with Crippen LogP contribution in [-0.2, 0) is 9.59 Å². The number of carbonyl (C=O) groups is 2. The lowest BCUT2D eigenvalue weighted by atomic mass is 9.84. The Morgan fingerprint density at radius 1 is 1.11 bits per heavy atom. The van der Waals surface area contributed by atoms with Crippen molar-refractivity contribution in [3.8, 4) is 0 Å². The first-order chi connectivity index (χ1) is 13.0. The second-order valence-corrected chi connectivity index (χ2v) is 7.43. The summed E-state index contributed by atoms with van der Waals surface area (Å²) in [5, 5.41) is 17.2. The molecule has 0 aromatic heterocycles. The first-order valence-corrected chi connectivity index (χ1v) is 9.27. The van der Waals surface area contributed by atoms with Crippen LogP contribution in [0.1, 0.15) is 24.5 Å². The highest BCUT2D eigenvalue weighted by molar-refractivity contribution is 6.30. The Labute approximate surface area is 162 Å². The molecule has 0 bridgehead atoms. The molecular weight excluding hydrogens is 366 g/mol. The van der Waals surface area contributed by atoms with Gasteiger partial charge in [0.05, 0.1) is 11.4 Å². The van der Waals surface area contributed by atoms with E-state index in [2.05, 4.69) is 10.6 Å².